The number of nitrogens with zero attached hydrogens (tertiary/aromatic N) is 1. The van der Waals surface area contributed by atoms with Crippen LogP contribution in [0.5, 0.6) is 0 Å². The minimum Gasteiger partial charge on any atom is -0.272 e. The summed E-state index contributed by atoms with van der Waals surface area (Å²) in [5.41, 5.74) is -0.0403. The van der Waals surface area contributed by atoms with Gasteiger partial charge >= 0.3 is 0 Å². The van der Waals surface area contributed by atoms with Crippen LogP contribution in [-0.4, -0.2) is 10.7 Å². The van der Waals surface area contributed by atoms with Gasteiger partial charge in [-0.15, -0.1) is 0 Å². The van der Waals surface area contributed by atoms with Crippen LogP contribution in [-0.2, 0) is 0 Å². The van der Waals surface area contributed by atoms with E-state index in [9.17, 15) is 0 Å². The largest absolute Gasteiger partial charge is 0.272 e. The maximum absolute atomic E-state index is 5.85. The summed E-state index contributed by atoms with van der Waals surface area (Å²) < 4.78 is 0. The molecule has 0 aliphatic carbocycles. The predicted molar refractivity (Wildman–Crippen MR) is 47.9 cm³/mol. The molecule has 10 heavy (non-hydrogen) atoms. The molecule has 0 aromatic heterocycles. The third-order valence-corrected chi connectivity index (χ3v) is 1.44. The molecule has 0 saturated heterocycles. The van der Waals surface area contributed by atoms with E-state index >= 15 is 0 Å². The third kappa shape index (κ3) is 4.80. The van der Waals surface area contributed by atoms with Gasteiger partial charge in [0, 0.05) is 5.92 Å². The van der Waals surface area contributed by atoms with E-state index < -0.39 is 0 Å². The Morgan fingerprint density at radius 1 is 1.30 bits per heavy atom. The third-order valence-electron chi connectivity index (χ3n) is 0.919. The molecule has 0 aliphatic rings. The zero-order valence-electron chi connectivity index (χ0n) is 7.40. The van der Waals surface area contributed by atoms with Crippen molar-refractivity contribution >= 4 is 16.8 Å². The topological polar surface area (TPSA) is 12.4 Å². The van der Waals surface area contributed by atoms with Crippen LogP contribution in [0.3, 0.4) is 0 Å². The zero-order valence-corrected chi connectivity index (χ0v) is 8.16. The quantitative estimate of drug-likeness (QED) is 0.525. The Hall–Kier alpha value is -0.0400. The average molecular weight is 162 g/mol. The van der Waals surface area contributed by atoms with Crippen LogP contribution >= 0.6 is 11.6 Å². The molecule has 0 spiro atoms. The Balaban J connectivity index is 4.17. The molecule has 0 rings (SSSR count). The average Bonchev–Trinajstić information content (AvgIpc) is 1.60. The van der Waals surface area contributed by atoms with Crippen molar-refractivity contribution in [1.29, 1.82) is 0 Å². The summed E-state index contributed by atoms with van der Waals surface area (Å²) in [6.45, 7) is 10.2. The summed E-state index contributed by atoms with van der Waals surface area (Å²) in [5.74, 6) is 0.348. The van der Waals surface area contributed by atoms with E-state index in [0.29, 0.717) is 11.1 Å². The molecule has 0 radical (unpaired) electrons. The minimum atomic E-state index is -0.0403. The van der Waals surface area contributed by atoms with E-state index in [2.05, 4.69) is 4.99 Å². The number of halogens is 1. The van der Waals surface area contributed by atoms with Gasteiger partial charge in [0.2, 0.25) is 0 Å². The summed E-state index contributed by atoms with van der Waals surface area (Å²) >= 11 is 5.85. The van der Waals surface area contributed by atoms with Crippen LogP contribution in [0, 0.1) is 5.92 Å². The maximum atomic E-state index is 5.85. The van der Waals surface area contributed by atoms with Crippen molar-refractivity contribution in [1.82, 2.24) is 0 Å². The highest BCUT2D eigenvalue weighted by molar-refractivity contribution is 6.65. The number of aliphatic imine (C=N–C) groups is 1. The molecule has 60 valence electrons. The van der Waals surface area contributed by atoms with Crippen LogP contribution in [0.15, 0.2) is 4.99 Å². The lowest BCUT2D eigenvalue weighted by molar-refractivity contribution is 0.580. The molecule has 0 N–H and O–H groups in total. The summed E-state index contributed by atoms with van der Waals surface area (Å²) in [6.07, 6.45) is 0. The maximum Gasteiger partial charge on any atom is 0.103 e. The zero-order chi connectivity index (χ0) is 8.36. The van der Waals surface area contributed by atoms with Crippen molar-refractivity contribution in [3.8, 4) is 0 Å². The highest BCUT2D eigenvalue weighted by Gasteiger charge is 2.09. The molecule has 0 fully saturated rings. The Kier molecular flexibility index (Phi) is 3.37. The van der Waals surface area contributed by atoms with Gasteiger partial charge in [-0.25, -0.2) is 0 Å². The van der Waals surface area contributed by atoms with Gasteiger partial charge in [-0.3, -0.25) is 4.99 Å². The fraction of sp³-hybridized carbons (Fsp3) is 0.875. The van der Waals surface area contributed by atoms with E-state index in [-0.39, 0.29) is 5.54 Å². The van der Waals surface area contributed by atoms with Crippen molar-refractivity contribution in [2.45, 2.75) is 40.2 Å². The summed E-state index contributed by atoms with van der Waals surface area (Å²) in [6, 6.07) is 0. The van der Waals surface area contributed by atoms with Gasteiger partial charge < -0.3 is 0 Å². The van der Waals surface area contributed by atoms with Gasteiger partial charge in [0.05, 0.1) is 5.54 Å². The first-order chi connectivity index (χ1) is 4.33. The van der Waals surface area contributed by atoms with Crippen LogP contribution in [0.1, 0.15) is 34.6 Å². The smallest absolute Gasteiger partial charge is 0.103 e. The lowest BCUT2D eigenvalue weighted by Gasteiger charge is -2.14. The fourth-order valence-corrected chi connectivity index (χ4v) is 0.703. The lowest BCUT2D eigenvalue weighted by atomic mass is 10.1. The molecule has 1 nitrogen and oxygen atoms in total. The Morgan fingerprint density at radius 3 is 1.80 bits per heavy atom. The number of hydrogen-bond acceptors (Lipinski definition) is 1. The Labute approximate surface area is 68.5 Å². The minimum absolute atomic E-state index is 0.0403. The summed E-state index contributed by atoms with van der Waals surface area (Å²) in [4.78, 5) is 4.29. The second-order valence-electron chi connectivity index (χ2n) is 3.76. The SMILES string of the molecule is CC(C)/C(Cl)=N/C(C)(C)C. The molecule has 0 aliphatic heterocycles. The molecule has 0 heterocycles. The van der Waals surface area contributed by atoms with Gasteiger partial charge in [0.15, 0.2) is 0 Å². The van der Waals surface area contributed by atoms with E-state index in [0.717, 1.165) is 0 Å². The van der Waals surface area contributed by atoms with Crippen molar-refractivity contribution in [3.63, 3.8) is 0 Å². The van der Waals surface area contributed by atoms with Crippen LogP contribution in [0.4, 0.5) is 0 Å². The van der Waals surface area contributed by atoms with E-state index in [4.69, 9.17) is 11.6 Å². The van der Waals surface area contributed by atoms with Crippen LogP contribution in [0.25, 0.3) is 0 Å². The first kappa shape index (κ1) is 9.96. The molecule has 0 atom stereocenters. The molecule has 0 amide bonds. The molecular formula is C8H16ClN. The molecule has 0 aromatic carbocycles. The first-order valence-electron chi connectivity index (χ1n) is 3.58. The fourth-order valence-electron chi connectivity index (χ4n) is 0.450. The lowest BCUT2D eigenvalue weighted by Crippen LogP contribution is -2.14. The summed E-state index contributed by atoms with van der Waals surface area (Å²) in [5, 5.41) is 0.715. The molecular weight excluding hydrogens is 146 g/mol. The predicted octanol–water partition coefficient (Wildman–Crippen LogP) is 3.08. The van der Waals surface area contributed by atoms with Crippen molar-refractivity contribution in [2.24, 2.45) is 10.9 Å². The van der Waals surface area contributed by atoms with Crippen molar-refractivity contribution in [3.05, 3.63) is 0 Å². The number of hydrogen-bond donors (Lipinski definition) is 0. The number of rotatable bonds is 1. The second-order valence-corrected chi connectivity index (χ2v) is 4.15. The van der Waals surface area contributed by atoms with Crippen LogP contribution < -0.4 is 0 Å². The van der Waals surface area contributed by atoms with Gasteiger partial charge in [-0.2, -0.15) is 0 Å². The molecule has 0 aromatic rings. The van der Waals surface area contributed by atoms with Gasteiger partial charge in [-0.1, -0.05) is 25.4 Å². The van der Waals surface area contributed by atoms with Crippen LogP contribution in [0.2, 0.25) is 0 Å². The van der Waals surface area contributed by atoms with E-state index in [1.165, 1.54) is 0 Å². The summed E-state index contributed by atoms with van der Waals surface area (Å²) in [7, 11) is 0. The Morgan fingerprint density at radius 2 is 1.70 bits per heavy atom. The first-order valence-corrected chi connectivity index (χ1v) is 3.96. The van der Waals surface area contributed by atoms with Gasteiger partial charge in [0.25, 0.3) is 0 Å². The van der Waals surface area contributed by atoms with Gasteiger partial charge in [-0.05, 0) is 20.8 Å². The van der Waals surface area contributed by atoms with Crippen molar-refractivity contribution < 1.29 is 0 Å². The normalized spacial score (nSPS) is 14.5. The molecule has 0 unspecified atom stereocenters. The van der Waals surface area contributed by atoms with Crippen molar-refractivity contribution in [2.75, 3.05) is 0 Å². The second kappa shape index (κ2) is 3.38. The Bertz CT molecular complexity index is 131. The highest BCUT2D eigenvalue weighted by atomic mass is 35.5. The molecule has 2 heteroatoms. The van der Waals surface area contributed by atoms with Gasteiger partial charge in [0.1, 0.15) is 5.17 Å². The van der Waals surface area contributed by atoms with E-state index in [1.807, 2.05) is 34.6 Å². The molecule has 0 saturated carbocycles. The standard InChI is InChI=1S/C8H16ClN/c1-6(2)7(9)10-8(3,4)5/h6H,1-5H3/b10-7-. The highest BCUT2D eigenvalue weighted by Crippen LogP contribution is 2.11. The molecule has 0 bridgehead atoms. The monoisotopic (exact) mass is 161 g/mol. The van der Waals surface area contributed by atoms with E-state index in [1.54, 1.807) is 0 Å².